The zero-order valence-electron chi connectivity index (χ0n) is 18.0. The molecule has 0 bridgehead atoms. The van der Waals surface area contributed by atoms with Crippen LogP contribution in [0.25, 0.3) is 0 Å². The first-order chi connectivity index (χ1) is 15.8. The molecule has 3 aliphatic heterocycles. The number of hydrogen-bond acceptors (Lipinski definition) is 9. The lowest BCUT2D eigenvalue weighted by molar-refractivity contribution is -0.154. The summed E-state index contributed by atoms with van der Waals surface area (Å²) in [6.45, 7) is 0. The van der Waals surface area contributed by atoms with Gasteiger partial charge in [-0.3, -0.25) is 28.8 Å². The Hall–Kier alpha value is -3.36. The quantitative estimate of drug-likeness (QED) is 0.272. The Bertz CT molecular complexity index is 1010. The molecule has 0 amide bonds. The molecule has 3 saturated heterocycles. The zero-order valence-corrected chi connectivity index (χ0v) is 18.0. The summed E-state index contributed by atoms with van der Waals surface area (Å²) in [5.74, 6) is -5.41. The number of rotatable bonds is 3. The second-order valence-electron chi connectivity index (χ2n) is 8.60. The van der Waals surface area contributed by atoms with Gasteiger partial charge in [-0.15, -0.1) is 0 Å². The fraction of sp³-hybridized carbons (Fsp3) is 0.500. The molecule has 0 aromatic heterocycles. The smallest absolute Gasteiger partial charge is 0.321 e. The molecule has 9 heteroatoms. The predicted octanol–water partition coefficient (Wildman–Crippen LogP) is 2.39. The van der Waals surface area contributed by atoms with Gasteiger partial charge in [0.15, 0.2) is 0 Å². The second-order valence-corrected chi connectivity index (χ2v) is 8.60. The van der Waals surface area contributed by atoms with Crippen molar-refractivity contribution in [1.82, 2.24) is 0 Å². The third kappa shape index (κ3) is 5.18. The van der Waals surface area contributed by atoms with Crippen molar-refractivity contribution in [3.05, 3.63) is 34.9 Å². The van der Waals surface area contributed by atoms with Crippen LogP contribution in [0, 0.1) is 17.8 Å². The standard InChI is InChI=1S/C24H24O9/c25-19-10-16(22(28)31-19)13-4-1-2-5-14(17-11-20(26)32-23(17)29)8-9-15(7-3-6-13)18-12-21(27)33-24(18)30/h4-5,7,16-18H,1-3,6,8-12H2. The van der Waals surface area contributed by atoms with Crippen LogP contribution in [-0.2, 0) is 43.0 Å². The molecule has 33 heavy (non-hydrogen) atoms. The third-order valence-corrected chi connectivity index (χ3v) is 6.47. The minimum absolute atomic E-state index is 0.00179. The lowest BCUT2D eigenvalue weighted by Crippen LogP contribution is -2.15. The predicted molar refractivity (Wildman–Crippen MR) is 110 cm³/mol. The van der Waals surface area contributed by atoms with Crippen molar-refractivity contribution >= 4 is 35.8 Å². The molecule has 0 saturated carbocycles. The lowest BCUT2D eigenvalue weighted by atomic mass is 9.85. The normalized spacial score (nSPS) is 29.5. The first-order valence-electron chi connectivity index (χ1n) is 11.1. The van der Waals surface area contributed by atoms with E-state index in [4.69, 9.17) is 14.2 Å². The van der Waals surface area contributed by atoms with E-state index < -0.39 is 53.6 Å². The van der Waals surface area contributed by atoms with Gasteiger partial charge in [0.05, 0.1) is 37.0 Å². The molecule has 4 rings (SSSR count). The summed E-state index contributed by atoms with van der Waals surface area (Å²) < 4.78 is 14.1. The van der Waals surface area contributed by atoms with E-state index >= 15 is 0 Å². The van der Waals surface area contributed by atoms with Crippen LogP contribution in [0.2, 0.25) is 0 Å². The van der Waals surface area contributed by atoms with Gasteiger partial charge in [0.2, 0.25) is 0 Å². The van der Waals surface area contributed by atoms with Gasteiger partial charge in [0, 0.05) is 0 Å². The third-order valence-electron chi connectivity index (χ3n) is 6.47. The summed E-state index contributed by atoms with van der Waals surface area (Å²) in [6.07, 6.45) is 8.64. The summed E-state index contributed by atoms with van der Waals surface area (Å²) in [6, 6.07) is 0. The number of esters is 6. The number of allylic oxidation sites excluding steroid dienone is 3. The molecule has 3 unspecified atom stereocenters. The minimum atomic E-state index is -0.690. The summed E-state index contributed by atoms with van der Waals surface area (Å²) in [5.41, 5.74) is 2.26. The average Bonchev–Trinajstić information content (AvgIpc) is 3.38. The highest BCUT2D eigenvalue weighted by molar-refractivity contribution is 5.97. The first-order valence-corrected chi connectivity index (χ1v) is 11.1. The second kappa shape index (κ2) is 9.64. The maximum atomic E-state index is 12.2. The highest BCUT2D eigenvalue weighted by Crippen LogP contribution is 2.35. The van der Waals surface area contributed by atoms with E-state index in [0.717, 1.165) is 16.7 Å². The van der Waals surface area contributed by atoms with Crippen molar-refractivity contribution in [2.24, 2.45) is 17.8 Å². The van der Waals surface area contributed by atoms with Crippen LogP contribution in [0.3, 0.4) is 0 Å². The van der Waals surface area contributed by atoms with E-state index in [-0.39, 0.29) is 19.3 Å². The van der Waals surface area contributed by atoms with Crippen LogP contribution in [0.5, 0.6) is 0 Å². The fourth-order valence-electron chi connectivity index (χ4n) is 4.78. The molecule has 0 aromatic rings. The topological polar surface area (TPSA) is 130 Å². The molecular formula is C24H24O9. The summed E-state index contributed by atoms with van der Waals surface area (Å²) in [4.78, 5) is 71.4. The molecule has 3 fully saturated rings. The Labute approximate surface area is 189 Å². The molecule has 0 radical (unpaired) electrons. The van der Waals surface area contributed by atoms with E-state index in [1.165, 1.54) is 0 Å². The zero-order chi connectivity index (χ0) is 23.5. The van der Waals surface area contributed by atoms with Crippen molar-refractivity contribution in [2.75, 3.05) is 0 Å². The highest BCUT2D eigenvalue weighted by atomic mass is 16.6. The number of ether oxygens (including phenoxy) is 3. The van der Waals surface area contributed by atoms with Gasteiger partial charge < -0.3 is 14.2 Å². The maximum Gasteiger partial charge on any atom is 0.321 e. The molecule has 3 atom stereocenters. The molecular weight excluding hydrogens is 432 g/mol. The Kier molecular flexibility index (Phi) is 6.67. The van der Waals surface area contributed by atoms with E-state index in [9.17, 15) is 28.8 Å². The van der Waals surface area contributed by atoms with Crippen LogP contribution < -0.4 is 0 Å². The average molecular weight is 456 g/mol. The maximum absolute atomic E-state index is 12.2. The Balaban J connectivity index is 1.61. The van der Waals surface area contributed by atoms with Crippen LogP contribution >= 0.6 is 0 Å². The lowest BCUT2D eigenvalue weighted by Gasteiger charge is -2.17. The molecule has 4 aliphatic rings. The molecule has 0 aromatic carbocycles. The van der Waals surface area contributed by atoms with Gasteiger partial charge in [0.25, 0.3) is 0 Å². The fourth-order valence-corrected chi connectivity index (χ4v) is 4.78. The number of cyclic esters (lactones) is 6. The number of hydrogen-bond donors (Lipinski definition) is 0. The van der Waals surface area contributed by atoms with Gasteiger partial charge >= 0.3 is 35.8 Å². The molecule has 174 valence electrons. The van der Waals surface area contributed by atoms with Gasteiger partial charge in [-0.25, -0.2) is 0 Å². The Morgan fingerprint density at radius 2 is 0.818 bits per heavy atom. The van der Waals surface area contributed by atoms with E-state index in [1.54, 1.807) is 0 Å². The van der Waals surface area contributed by atoms with Crippen molar-refractivity contribution in [3.8, 4) is 0 Å². The van der Waals surface area contributed by atoms with Gasteiger partial charge in [-0.1, -0.05) is 34.9 Å². The van der Waals surface area contributed by atoms with E-state index in [2.05, 4.69) is 0 Å². The molecule has 0 spiro atoms. The summed E-state index contributed by atoms with van der Waals surface area (Å²) in [7, 11) is 0. The van der Waals surface area contributed by atoms with Crippen molar-refractivity contribution in [3.63, 3.8) is 0 Å². The Morgan fingerprint density at radius 1 is 0.485 bits per heavy atom. The summed E-state index contributed by atoms with van der Waals surface area (Å²) in [5, 5.41) is 0. The van der Waals surface area contributed by atoms with E-state index in [1.807, 2.05) is 18.2 Å². The molecule has 0 N–H and O–H groups in total. The minimum Gasteiger partial charge on any atom is -0.393 e. The van der Waals surface area contributed by atoms with Crippen molar-refractivity contribution in [2.45, 2.75) is 57.8 Å². The van der Waals surface area contributed by atoms with Gasteiger partial charge in [0.1, 0.15) is 0 Å². The Morgan fingerprint density at radius 3 is 1.15 bits per heavy atom. The van der Waals surface area contributed by atoms with Crippen molar-refractivity contribution in [1.29, 1.82) is 0 Å². The largest absolute Gasteiger partial charge is 0.393 e. The molecule has 3 heterocycles. The summed E-state index contributed by atoms with van der Waals surface area (Å²) >= 11 is 0. The highest BCUT2D eigenvalue weighted by Gasteiger charge is 2.39. The van der Waals surface area contributed by atoms with Gasteiger partial charge in [-0.05, 0) is 38.5 Å². The van der Waals surface area contributed by atoms with Crippen molar-refractivity contribution < 1.29 is 43.0 Å². The SMILES string of the molecule is O=C1CC(C2=CCCC=C(C3CC(=O)OC3=O)CCC(C3CC(=O)OC3=O)=CCC2)C(=O)O1. The van der Waals surface area contributed by atoms with E-state index in [0.29, 0.717) is 38.5 Å². The molecule has 1 aliphatic carbocycles. The number of carbonyl (C=O) groups excluding carboxylic acids is 6. The molecule has 9 nitrogen and oxygen atoms in total. The number of carbonyl (C=O) groups is 6. The van der Waals surface area contributed by atoms with Crippen LogP contribution in [0.15, 0.2) is 34.9 Å². The van der Waals surface area contributed by atoms with Crippen LogP contribution in [0.1, 0.15) is 57.8 Å². The van der Waals surface area contributed by atoms with Gasteiger partial charge in [-0.2, -0.15) is 0 Å². The first kappa shape index (κ1) is 22.8. The van der Waals surface area contributed by atoms with Crippen LogP contribution in [-0.4, -0.2) is 35.8 Å². The monoisotopic (exact) mass is 456 g/mol. The van der Waals surface area contributed by atoms with Crippen LogP contribution in [0.4, 0.5) is 0 Å².